The lowest BCUT2D eigenvalue weighted by Gasteiger charge is -2.15. The fraction of sp³-hybridized carbons (Fsp3) is 0.529. The Balaban J connectivity index is 1.79. The minimum Gasteiger partial charge on any atom is -0.462 e. The first-order valence-electron chi connectivity index (χ1n) is 8.55. The van der Waals surface area contributed by atoms with E-state index in [2.05, 4.69) is 5.32 Å². The number of carbonyl (C=O) groups excluding carboxylic acids is 3. The number of ether oxygens (including phenoxy) is 1. The number of rotatable bonds is 5. The number of carbonyl (C=O) groups is 3. The second-order valence-electron chi connectivity index (χ2n) is 6.13. The summed E-state index contributed by atoms with van der Waals surface area (Å²) in [6.07, 6.45) is 3.83. The lowest BCUT2D eigenvalue weighted by Crippen LogP contribution is -2.37. The summed E-state index contributed by atoms with van der Waals surface area (Å²) in [7, 11) is 0. The van der Waals surface area contributed by atoms with Gasteiger partial charge in [-0.25, -0.2) is 4.79 Å². The highest BCUT2D eigenvalue weighted by molar-refractivity contribution is 8.24. The Kier molecular flexibility index (Phi) is 5.99. The molecule has 0 radical (unpaired) electrons. The van der Waals surface area contributed by atoms with E-state index in [1.165, 1.54) is 28.0 Å². The number of thiophene rings is 1. The van der Waals surface area contributed by atoms with Gasteiger partial charge in [0.1, 0.15) is 15.9 Å². The zero-order valence-electron chi connectivity index (χ0n) is 14.6. The van der Waals surface area contributed by atoms with Crippen molar-refractivity contribution in [2.75, 3.05) is 18.5 Å². The molecule has 1 atom stereocenters. The summed E-state index contributed by atoms with van der Waals surface area (Å²) in [6.45, 7) is 3.67. The largest absolute Gasteiger partial charge is 0.462 e. The van der Waals surface area contributed by atoms with Crippen LogP contribution in [0, 0.1) is 0 Å². The van der Waals surface area contributed by atoms with Gasteiger partial charge in [0.2, 0.25) is 11.8 Å². The van der Waals surface area contributed by atoms with Crippen molar-refractivity contribution in [1.29, 1.82) is 0 Å². The first-order chi connectivity index (χ1) is 12.4. The highest BCUT2D eigenvalue weighted by Crippen LogP contribution is 2.38. The van der Waals surface area contributed by atoms with Crippen LogP contribution < -0.4 is 5.32 Å². The third kappa shape index (κ3) is 3.79. The van der Waals surface area contributed by atoms with Crippen molar-refractivity contribution < 1.29 is 19.1 Å². The van der Waals surface area contributed by atoms with Crippen LogP contribution in [-0.4, -0.2) is 45.4 Å². The van der Waals surface area contributed by atoms with Gasteiger partial charge in [0.15, 0.2) is 0 Å². The SMILES string of the molecule is CCOC(=O)c1c(NC(=O)CN2C(=O)C(C)SC2=S)sc2c1CCCC2. The number of thioether (sulfide) groups is 1. The molecule has 0 aromatic carbocycles. The maximum Gasteiger partial charge on any atom is 0.341 e. The van der Waals surface area contributed by atoms with Gasteiger partial charge < -0.3 is 10.1 Å². The lowest BCUT2D eigenvalue weighted by molar-refractivity contribution is -0.129. The van der Waals surface area contributed by atoms with E-state index in [1.807, 2.05) is 0 Å². The Morgan fingerprint density at radius 2 is 2.08 bits per heavy atom. The molecule has 0 bridgehead atoms. The number of nitrogens with zero attached hydrogens (tertiary/aromatic N) is 1. The standard InChI is InChI=1S/C17H20N2O4S3/c1-3-23-16(22)13-10-6-4-5-7-11(10)26-14(13)18-12(20)8-19-15(21)9(2)25-17(19)24/h9H,3-8H2,1-2H3,(H,18,20). The van der Waals surface area contributed by atoms with Gasteiger partial charge in [0.05, 0.1) is 17.4 Å². The maximum atomic E-state index is 12.5. The molecule has 140 valence electrons. The molecule has 2 aliphatic rings. The summed E-state index contributed by atoms with van der Waals surface area (Å²) in [5.74, 6) is -0.926. The second-order valence-corrected chi connectivity index (χ2v) is 9.21. The second kappa shape index (κ2) is 8.06. The summed E-state index contributed by atoms with van der Waals surface area (Å²) < 4.78 is 5.59. The number of esters is 1. The minimum atomic E-state index is -0.404. The number of amides is 2. The van der Waals surface area contributed by atoms with Crippen LogP contribution in [0.25, 0.3) is 0 Å². The fourth-order valence-electron chi connectivity index (χ4n) is 3.10. The molecular weight excluding hydrogens is 392 g/mol. The Bertz CT molecular complexity index is 774. The number of fused-ring (bicyclic) bond motifs is 1. The van der Waals surface area contributed by atoms with Gasteiger partial charge in [0, 0.05) is 4.88 Å². The predicted octanol–water partition coefficient (Wildman–Crippen LogP) is 2.99. The van der Waals surface area contributed by atoms with Gasteiger partial charge in [-0.2, -0.15) is 0 Å². The fourth-order valence-corrected chi connectivity index (χ4v) is 5.79. The van der Waals surface area contributed by atoms with Crippen LogP contribution in [0.15, 0.2) is 0 Å². The van der Waals surface area contributed by atoms with E-state index in [0.717, 1.165) is 36.1 Å². The predicted molar refractivity (Wildman–Crippen MR) is 107 cm³/mol. The lowest BCUT2D eigenvalue weighted by atomic mass is 9.95. The molecule has 2 amide bonds. The van der Waals surface area contributed by atoms with Gasteiger partial charge in [-0.15, -0.1) is 11.3 Å². The van der Waals surface area contributed by atoms with Crippen molar-refractivity contribution in [3.63, 3.8) is 0 Å². The third-order valence-corrected chi connectivity index (χ3v) is 7.01. The maximum absolute atomic E-state index is 12.5. The Morgan fingerprint density at radius 3 is 2.73 bits per heavy atom. The molecule has 1 N–H and O–H groups in total. The van der Waals surface area contributed by atoms with E-state index in [4.69, 9.17) is 17.0 Å². The van der Waals surface area contributed by atoms with Gasteiger partial charge in [-0.3, -0.25) is 14.5 Å². The number of hydrogen-bond donors (Lipinski definition) is 1. The molecule has 1 unspecified atom stereocenters. The van der Waals surface area contributed by atoms with E-state index in [-0.39, 0.29) is 30.2 Å². The monoisotopic (exact) mass is 412 g/mol. The van der Waals surface area contributed by atoms with E-state index in [1.54, 1.807) is 13.8 Å². The molecule has 1 aliphatic heterocycles. The summed E-state index contributed by atoms with van der Waals surface area (Å²) in [5.41, 5.74) is 1.46. The third-order valence-electron chi connectivity index (χ3n) is 4.32. The summed E-state index contributed by atoms with van der Waals surface area (Å²) >= 11 is 7.87. The van der Waals surface area contributed by atoms with Gasteiger partial charge in [0.25, 0.3) is 0 Å². The summed E-state index contributed by atoms with van der Waals surface area (Å²) in [5, 5.41) is 3.05. The molecule has 26 heavy (non-hydrogen) atoms. The number of nitrogens with one attached hydrogen (secondary N) is 1. The number of aryl methyl sites for hydroxylation is 1. The average Bonchev–Trinajstić information content (AvgIpc) is 3.07. The van der Waals surface area contributed by atoms with Gasteiger partial charge in [-0.1, -0.05) is 24.0 Å². The van der Waals surface area contributed by atoms with Crippen LogP contribution in [0.2, 0.25) is 0 Å². The molecule has 2 heterocycles. The first kappa shape index (κ1) is 19.3. The van der Waals surface area contributed by atoms with Crippen molar-refractivity contribution in [1.82, 2.24) is 4.90 Å². The molecule has 1 aliphatic carbocycles. The molecule has 1 aromatic heterocycles. The van der Waals surface area contributed by atoms with E-state index >= 15 is 0 Å². The molecule has 1 saturated heterocycles. The van der Waals surface area contributed by atoms with Crippen LogP contribution in [0.1, 0.15) is 47.5 Å². The molecular formula is C17H20N2O4S3. The average molecular weight is 413 g/mol. The van der Waals surface area contributed by atoms with Crippen LogP contribution >= 0.6 is 35.3 Å². The van der Waals surface area contributed by atoms with Crippen molar-refractivity contribution in [2.45, 2.75) is 44.8 Å². The number of anilines is 1. The molecule has 3 rings (SSSR count). The van der Waals surface area contributed by atoms with Gasteiger partial charge in [-0.05, 0) is 45.1 Å². The smallest absolute Gasteiger partial charge is 0.341 e. The Hall–Kier alpha value is -1.45. The van der Waals surface area contributed by atoms with Crippen LogP contribution in [0.4, 0.5) is 5.00 Å². The van der Waals surface area contributed by atoms with Crippen molar-refractivity contribution in [2.24, 2.45) is 0 Å². The van der Waals surface area contributed by atoms with Crippen LogP contribution in [-0.2, 0) is 27.2 Å². The zero-order chi connectivity index (χ0) is 18.8. The topological polar surface area (TPSA) is 75.7 Å². The van der Waals surface area contributed by atoms with E-state index in [9.17, 15) is 14.4 Å². The zero-order valence-corrected chi connectivity index (χ0v) is 17.1. The highest BCUT2D eigenvalue weighted by atomic mass is 32.2. The van der Waals surface area contributed by atoms with E-state index in [0.29, 0.717) is 14.9 Å². The normalized spacial score (nSPS) is 19.5. The Morgan fingerprint density at radius 1 is 1.35 bits per heavy atom. The Labute approximate surface area is 165 Å². The molecule has 0 saturated carbocycles. The minimum absolute atomic E-state index is 0.139. The van der Waals surface area contributed by atoms with E-state index < -0.39 is 5.97 Å². The van der Waals surface area contributed by atoms with Gasteiger partial charge >= 0.3 is 5.97 Å². The van der Waals surface area contributed by atoms with Crippen molar-refractivity contribution >= 4 is 62.4 Å². The molecule has 1 aromatic rings. The number of hydrogen-bond acceptors (Lipinski definition) is 7. The quantitative estimate of drug-likeness (QED) is 0.592. The van der Waals surface area contributed by atoms with Crippen molar-refractivity contribution in [3.05, 3.63) is 16.0 Å². The van der Waals surface area contributed by atoms with Crippen LogP contribution in [0.5, 0.6) is 0 Å². The highest BCUT2D eigenvalue weighted by Gasteiger charge is 2.35. The van der Waals surface area contributed by atoms with Crippen molar-refractivity contribution in [3.8, 4) is 0 Å². The first-order valence-corrected chi connectivity index (χ1v) is 10.7. The molecule has 1 fully saturated rings. The number of thiocarbonyl (C=S) groups is 1. The molecule has 6 nitrogen and oxygen atoms in total. The summed E-state index contributed by atoms with van der Waals surface area (Å²) in [4.78, 5) is 39.4. The van der Waals surface area contributed by atoms with Crippen LogP contribution in [0.3, 0.4) is 0 Å². The molecule has 9 heteroatoms. The molecule has 0 spiro atoms. The summed E-state index contributed by atoms with van der Waals surface area (Å²) in [6, 6.07) is 0.